The van der Waals surface area contributed by atoms with E-state index in [0.717, 1.165) is 0 Å². The molecule has 0 aromatic heterocycles. The van der Waals surface area contributed by atoms with Crippen molar-refractivity contribution < 1.29 is 14.7 Å². The number of carbonyl (C=O) groups is 2. The Morgan fingerprint density at radius 1 is 1.26 bits per heavy atom. The fourth-order valence-corrected chi connectivity index (χ4v) is 1.75. The standard InChI is InChI=1S/C14H24N2O3/c1-6-7-15-11(17)8-12(18)16-9-14(4,5)13(19)10(2)3/h1,10,13,19H,7-9H2,2-5H3,(H,15,17)(H,16,18). The zero-order valence-electron chi connectivity index (χ0n) is 12.1. The minimum Gasteiger partial charge on any atom is -0.392 e. The van der Waals surface area contributed by atoms with Crippen LogP contribution in [0.2, 0.25) is 0 Å². The topological polar surface area (TPSA) is 78.4 Å². The summed E-state index contributed by atoms with van der Waals surface area (Å²) in [6, 6.07) is 0. The van der Waals surface area contributed by atoms with Crippen molar-refractivity contribution >= 4 is 11.8 Å². The maximum atomic E-state index is 11.6. The Kier molecular flexibility index (Phi) is 7.17. The van der Waals surface area contributed by atoms with Gasteiger partial charge < -0.3 is 15.7 Å². The number of aliphatic hydroxyl groups excluding tert-OH is 1. The van der Waals surface area contributed by atoms with Crippen LogP contribution >= 0.6 is 0 Å². The second kappa shape index (κ2) is 7.80. The summed E-state index contributed by atoms with van der Waals surface area (Å²) in [5.41, 5.74) is -0.445. The van der Waals surface area contributed by atoms with Crippen molar-refractivity contribution in [2.45, 2.75) is 40.2 Å². The van der Waals surface area contributed by atoms with E-state index in [-0.39, 0.29) is 24.8 Å². The van der Waals surface area contributed by atoms with Crippen molar-refractivity contribution in [1.29, 1.82) is 0 Å². The van der Waals surface area contributed by atoms with Gasteiger partial charge in [0.05, 0.1) is 12.6 Å². The van der Waals surface area contributed by atoms with Crippen LogP contribution in [0.15, 0.2) is 0 Å². The Morgan fingerprint density at radius 3 is 2.26 bits per heavy atom. The van der Waals surface area contributed by atoms with E-state index in [2.05, 4.69) is 16.6 Å². The van der Waals surface area contributed by atoms with Crippen LogP contribution in [0.1, 0.15) is 34.1 Å². The molecule has 0 fully saturated rings. The second-order valence-electron chi connectivity index (χ2n) is 5.61. The summed E-state index contributed by atoms with van der Waals surface area (Å²) in [6.45, 7) is 8.01. The first-order valence-electron chi connectivity index (χ1n) is 6.35. The predicted molar refractivity (Wildman–Crippen MR) is 74.1 cm³/mol. The van der Waals surface area contributed by atoms with Gasteiger partial charge in [0.1, 0.15) is 6.42 Å². The number of amides is 2. The number of nitrogens with one attached hydrogen (secondary N) is 2. The highest BCUT2D eigenvalue weighted by Crippen LogP contribution is 2.24. The Balaban J connectivity index is 4.16. The summed E-state index contributed by atoms with van der Waals surface area (Å²) in [7, 11) is 0. The first-order chi connectivity index (χ1) is 8.70. The molecule has 0 rings (SSSR count). The lowest BCUT2D eigenvalue weighted by atomic mass is 9.80. The Bertz CT molecular complexity index is 356. The van der Waals surface area contributed by atoms with Crippen molar-refractivity contribution in [2.24, 2.45) is 11.3 Å². The molecule has 0 saturated heterocycles. The van der Waals surface area contributed by atoms with Crippen molar-refractivity contribution in [3.63, 3.8) is 0 Å². The van der Waals surface area contributed by atoms with Gasteiger partial charge in [-0.25, -0.2) is 0 Å². The van der Waals surface area contributed by atoms with Gasteiger partial charge in [-0.15, -0.1) is 6.42 Å². The third-order valence-electron chi connectivity index (χ3n) is 2.88. The number of hydrogen-bond donors (Lipinski definition) is 3. The fraction of sp³-hybridized carbons (Fsp3) is 0.714. The van der Waals surface area contributed by atoms with E-state index in [9.17, 15) is 14.7 Å². The van der Waals surface area contributed by atoms with E-state index in [0.29, 0.717) is 6.54 Å². The third kappa shape index (κ3) is 6.82. The minimum absolute atomic E-state index is 0.103. The predicted octanol–water partition coefficient (Wildman–Crippen LogP) is 0.285. The molecular formula is C14H24N2O3. The molecule has 1 unspecified atom stereocenters. The monoisotopic (exact) mass is 268 g/mol. The molecule has 0 bridgehead atoms. The molecule has 19 heavy (non-hydrogen) atoms. The summed E-state index contributed by atoms with van der Waals surface area (Å²) >= 11 is 0. The van der Waals surface area contributed by atoms with Crippen LogP contribution in [-0.2, 0) is 9.59 Å². The SMILES string of the molecule is C#CCNC(=O)CC(=O)NCC(C)(C)C(O)C(C)C. The lowest BCUT2D eigenvalue weighted by molar-refractivity contribution is -0.129. The molecule has 0 aromatic rings. The van der Waals surface area contributed by atoms with Crippen LogP contribution in [0.5, 0.6) is 0 Å². The number of hydrogen-bond acceptors (Lipinski definition) is 3. The molecule has 3 N–H and O–H groups in total. The zero-order valence-corrected chi connectivity index (χ0v) is 12.1. The van der Waals surface area contributed by atoms with Gasteiger partial charge in [-0.05, 0) is 5.92 Å². The molecule has 5 heteroatoms. The van der Waals surface area contributed by atoms with Crippen LogP contribution in [0.25, 0.3) is 0 Å². The third-order valence-corrected chi connectivity index (χ3v) is 2.88. The van der Waals surface area contributed by atoms with E-state index in [4.69, 9.17) is 6.42 Å². The highest BCUT2D eigenvalue weighted by atomic mass is 16.3. The van der Waals surface area contributed by atoms with Crippen LogP contribution in [0.3, 0.4) is 0 Å². The van der Waals surface area contributed by atoms with Gasteiger partial charge >= 0.3 is 0 Å². The average molecular weight is 268 g/mol. The molecule has 5 nitrogen and oxygen atoms in total. The normalized spacial score (nSPS) is 12.7. The molecule has 0 aliphatic carbocycles. The van der Waals surface area contributed by atoms with E-state index >= 15 is 0 Å². The van der Waals surface area contributed by atoms with Crippen LogP contribution in [-0.4, -0.2) is 36.1 Å². The smallest absolute Gasteiger partial charge is 0.230 e. The minimum atomic E-state index is -0.525. The maximum absolute atomic E-state index is 11.6. The maximum Gasteiger partial charge on any atom is 0.230 e. The molecule has 0 spiro atoms. The molecule has 0 heterocycles. The molecule has 2 amide bonds. The average Bonchev–Trinajstić information content (AvgIpc) is 2.32. The lowest BCUT2D eigenvalue weighted by Gasteiger charge is -2.33. The van der Waals surface area contributed by atoms with Crippen LogP contribution < -0.4 is 10.6 Å². The summed E-state index contributed by atoms with van der Waals surface area (Å²) in [6.07, 6.45) is 4.21. The Labute approximate surface area is 115 Å². The molecule has 0 aliphatic rings. The summed E-state index contributed by atoms with van der Waals surface area (Å²) in [5.74, 6) is 1.58. The summed E-state index contributed by atoms with van der Waals surface area (Å²) in [4.78, 5) is 22.8. The summed E-state index contributed by atoms with van der Waals surface area (Å²) in [5, 5.41) is 15.1. The van der Waals surface area contributed by atoms with Crippen molar-refractivity contribution in [3.05, 3.63) is 0 Å². The van der Waals surface area contributed by atoms with Crippen molar-refractivity contribution in [1.82, 2.24) is 10.6 Å². The van der Waals surface area contributed by atoms with Gasteiger partial charge in [0.15, 0.2) is 0 Å². The largest absolute Gasteiger partial charge is 0.392 e. The first-order valence-corrected chi connectivity index (χ1v) is 6.35. The Hall–Kier alpha value is -1.54. The Morgan fingerprint density at radius 2 is 1.79 bits per heavy atom. The molecule has 0 aromatic carbocycles. The van der Waals surface area contributed by atoms with Gasteiger partial charge in [-0.1, -0.05) is 33.6 Å². The lowest BCUT2D eigenvalue weighted by Crippen LogP contribution is -2.44. The van der Waals surface area contributed by atoms with E-state index in [1.165, 1.54) is 0 Å². The zero-order chi connectivity index (χ0) is 15.1. The highest BCUT2D eigenvalue weighted by Gasteiger charge is 2.30. The van der Waals surface area contributed by atoms with Crippen LogP contribution in [0, 0.1) is 23.7 Å². The second-order valence-corrected chi connectivity index (χ2v) is 5.61. The van der Waals surface area contributed by atoms with E-state index < -0.39 is 17.4 Å². The van der Waals surface area contributed by atoms with Gasteiger partial charge in [0.25, 0.3) is 0 Å². The molecule has 0 radical (unpaired) electrons. The van der Waals surface area contributed by atoms with Gasteiger partial charge in [-0.2, -0.15) is 0 Å². The van der Waals surface area contributed by atoms with Gasteiger partial charge in [-0.3, -0.25) is 9.59 Å². The number of terminal acetylenes is 1. The molecule has 0 aliphatic heterocycles. The first kappa shape index (κ1) is 17.5. The molecular weight excluding hydrogens is 244 g/mol. The highest BCUT2D eigenvalue weighted by molar-refractivity contribution is 5.96. The van der Waals surface area contributed by atoms with E-state index in [1.807, 2.05) is 27.7 Å². The van der Waals surface area contributed by atoms with Crippen molar-refractivity contribution in [3.8, 4) is 12.3 Å². The molecule has 108 valence electrons. The molecule has 0 saturated carbocycles. The van der Waals surface area contributed by atoms with Gasteiger partial charge in [0.2, 0.25) is 11.8 Å². The van der Waals surface area contributed by atoms with Crippen molar-refractivity contribution in [2.75, 3.05) is 13.1 Å². The van der Waals surface area contributed by atoms with Gasteiger partial charge in [0, 0.05) is 12.0 Å². The summed E-state index contributed by atoms with van der Waals surface area (Å²) < 4.78 is 0. The van der Waals surface area contributed by atoms with Crippen LogP contribution in [0.4, 0.5) is 0 Å². The van der Waals surface area contributed by atoms with E-state index in [1.54, 1.807) is 0 Å². The number of carbonyl (C=O) groups excluding carboxylic acids is 2. The quantitative estimate of drug-likeness (QED) is 0.458. The number of rotatable bonds is 7. The molecule has 1 atom stereocenters. The number of aliphatic hydroxyl groups is 1. The fourth-order valence-electron chi connectivity index (χ4n) is 1.75.